The molecule has 0 fully saturated rings. The largest absolute Gasteiger partial charge is 0.497 e. The molecule has 24 heavy (non-hydrogen) atoms. The molecule has 0 saturated heterocycles. The van der Waals surface area contributed by atoms with E-state index in [0.29, 0.717) is 10.8 Å². The molecule has 132 valence electrons. The second-order valence-electron chi connectivity index (χ2n) is 8.81. The number of ether oxygens (including phenoxy) is 1. The van der Waals surface area contributed by atoms with Crippen LogP contribution in [-0.4, -0.2) is 7.11 Å². The van der Waals surface area contributed by atoms with Crippen molar-refractivity contribution in [1.29, 1.82) is 0 Å². The molecule has 1 nitrogen and oxygen atoms in total. The van der Waals surface area contributed by atoms with Crippen molar-refractivity contribution in [3.05, 3.63) is 65.7 Å². The first-order chi connectivity index (χ1) is 11.1. The summed E-state index contributed by atoms with van der Waals surface area (Å²) in [6, 6.07) is 18.9. The summed E-state index contributed by atoms with van der Waals surface area (Å²) < 4.78 is 5.10. The maximum Gasteiger partial charge on any atom is 0.118 e. The third-order valence-corrected chi connectivity index (χ3v) is 3.47. The van der Waals surface area contributed by atoms with Gasteiger partial charge in [-0.1, -0.05) is 84.0 Å². The minimum Gasteiger partial charge on any atom is -0.497 e. The smallest absolute Gasteiger partial charge is 0.118 e. The summed E-state index contributed by atoms with van der Waals surface area (Å²) in [5.74, 6) is 0.928. The van der Waals surface area contributed by atoms with Gasteiger partial charge < -0.3 is 4.74 Å². The third kappa shape index (κ3) is 9.39. The van der Waals surface area contributed by atoms with Gasteiger partial charge in [0.25, 0.3) is 0 Å². The Hall–Kier alpha value is -1.76. The summed E-state index contributed by atoms with van der Waals surface area (Å²) in [7, 11) is 1.69. The summed E-state index contributed by atoms with van der Waals surface area (Å²) >= 11 is 0. The van der Waals surface area contributed by atoms with Gasteiger partial charge >= 0.3 is 0 Å². The van der Waals surface area contributed by atoms with Crippen LogP contribution in [0.3, 0.4) is 0 Å². The average Bonchev–Trinajstić information content (AvgIpc) is 2.46. The van der Waals surface area contributed by atoms with Crippen molar-refractivity contribution in [2.45, 2.75) is 54.4 Å². The van der Waals surface area contributed by atoms with Gasteiger partial charge in [0, 0.05) is 0 Å². The van der Waals surface area contributed by atoms with Crippen molar-refractivity contribution < 1.29 is 4.74 Å². The van der Waals surface area contributed by atoms with E-state index in [1.54, 1.807) is 7.11 Å². The molecule has 2 aromatic carbocycles. The van der Waals surface area contributed by atoms with Crippen molar-refractivity contribution in [2.24, 2.45) is 10.8 Å². The molecule has 2 aromatic rings. The lowest BCUT2D eigenvalue weighted by molar-refractivity contribution is 0.406. The number of hydrogen-bond donors (Lipinski definition) is 0. The highest BCUT2D eigenvalue weighted by Crippen LogP contribution is 2.22. The Morgan fingerprint density at radius 3 is 1.42 bits per heavy atom. The molecule has 1 heteroatoms. The van der Waals surface area contributed by atoms with Crippen LogP contribution in [0.25, 0.3) is 0 Å². The van der Waals surface area contributed by atoms with Gasteiger partial charge in [0.05, 0.1) is 7.11 Å². The molecule has 0 saturated carbocycles. The van der Waals surface area contributed by atoms with Crippen LogP contribution in [0.1, 0.15) is 52.7 Å². The van der Waals surface area contributed by atoms with Crippen LogP contribution in [-0.2, 0) is 12.8 Å². The van der Waals surface area contributed by atoms with Gasteiger partial charge in [-0.05, 0) is 46.9 Å². The Bertz CT molecular complexity index is 568. The molecule has 0 bridgehead atoms. The Labute approximate surface area is 149 Å². The summed E-state index contributed by atoms with van der Waals surface area (Å²) in [5.41, 5.74) is 3.56. The molecule has 0 unspecified atom stereocenters. The number of methoxy groups -OCH3 is 1. The van der Waals surface area contributed by atoms with E-state index in [4.69, 9.17) is 4.74 Å². The Morgan fingerprint density at radius 2 is 1.04 bits per heavy atom. The summed E-state index contributed by atoms with van der Waals surface area (Å²) in [6.45, 7) is 13.5. The van der Waals surface area contributed by atoms with E-state index in [1.165, 1.54) is 11.1 Å². The molecule has 0 aromatic heterocycles. The van der Waals surface area contributed by atoms with Crippen molar-refractivity contribution >= 4 is 0 Å². The van der Waals surface area contributed by atoms with Gasteiger partial charge in [0.15, 0.2) is 0 Å². The van der Waals surface area contributed by atoms with Crippen LogP contribution >= 0.6 is 0 Å². The molecule has 2 rings (SSSR count). The van der Waals surface area contributed by atoms with E-state index >= 15 is 0 Å². The van der Waals surface area contributed by atoms with Crippen LogP contribution in [0.5, 0.6) is 5.75 Å². The molecule has 0 aliphatic heterocycles. The fourth-order valence-electron chi connectivity index (χ4n) is 2.56. The predicted octanol–water partition coefficient (Wildman–Crippen LogP) is 6.56. The van der Waals surface area contributed by atoms with Crippen molar-refractivity contribution in [3.63, 3.8) is 0 Å². The first kappa shape index (κ1) is 20.3. The van der Waals surface area contributed by atoms with Gasteiger partial charge in [-0.2, -0.15) is 0 Å². The Balaban J connectivity index is 0.000000243. The molecule has 0 aliphatic carbocycles. The maximum absolute atomic E-state index is 5.10. The van der Waals surface area contributed by atoms with Crippen molar-refractivity contribution in [3.8, 4) is 5.75 Å². The lowest BCUT2D eigenvalue weighted by Crippen LogP contribution is -2.08. The molecule has 0 aliphatic rings. The fraction of sp³-hybridized carbons (Fsp3) is 0.478. The standard InChI is InChI=1S/C12H18O.C11H16/c1-12(2,3)9-10-5-7-11(13-4)8-6-10;1-11(2,3)9-10-7-5-4-6-8-10/h5-8H,9H2,1-4H3;4-8H,9H2,1-3H3. The Morgan fingerprint density at radius 1 is 0.625 bits per heavy atom. The molecular formula is C23H34O. The Kier molecular flexibility index (Phi) is 7.54. The van der Waals surface area contributed by atoms with Crippen LogP contribution in [0.15, 0.2) is 54.6 Å². The monoisotopic (exact) mass is 326 g/mol. The summed E-state index contributed by atoms with van der Waals surface area (Å²) in [4.78, 5) is 0. The zero-order valence-electron chi connectivity index (χ0n) is 16.5. The van der Waals surface area contributed by atoms with E-state index < -0.39 is 0 Å². The van der Waals surface area contributed by atoms with Crippen LogP contribution in [0.2, 0.25) is 0 Å². The molecular weight excluding hydrogens is 292 g/mol. The predicted molar refractivity (Wildman–Crippen MR) is 106 cm³/mol. The molecule has 0 radical (unpaired) electrons. The highest BCUT2D eigenvalue weighted by Gasteiger charge is 2.11. The van der Waals surface area contributed by atoms with Crippen LogP contribution in [0, 0.1) is 10.8 Å². The zero-order chi connectivity index (χ0) is 18.2. The fourth-order valence-corrected chi connectivity index (χ4v) is 2.56. The molecule has 0 spiro atoms. The van der Waals surface area contributed by atoms with E-state index in [0.717, 1.165) is 18.6 Å². The lowest BCUT2D eigenvalue weighted by Gasteiger charge is -2.18. The molecule has 0 N–H and O–H groups in total. The van der Waals surface area contributed by atoms with Gasteiger partial charge in [-0.25, -0.2) is 0 Å². The average molecular weight is 327 g/mol. The molecule has 0 amide bonds. The quantitative estimate of drug-likeness (QED) is 0.620. The first-order valence-corrected chi connectivity index (χ1v) is 8.76. The van der Waals surface area contributed by atoms with Gasteiger partial charge in [-0.3, -0.25) is 0 Å². The molecule has 0 atom stereocenters. The number of benzene rings is 2. The minimum absolute atomic E-state index is 0.356. The van der Waals surface area contributed by atoms with E-state index in [-0.39, 0.29) is 0 Å². The SMILES string of the molecule is CC(C)(C)Cc1ccccc1.COc1ccc(CC(C)(C)C)cc1. The van der Waals surface area contributed by atoms with E-state index in [9.17, 15) is 0 Å². The highest BCUT2D eigenvalue weighted by atomic mass is 16.5. The normalized spacial score (nSPS) is 11.5. The highest BCUT2D eigenvalue weighted by molar-refractivity contribution is 5.27. The van der Waals surface area contributed by atoms with Gasteiger partial charge in [-0.15, -0.1) is 0 Å². The van der Waals surface area contributed by atoms with Gasteiger partial charge in [0.2, 0.25) is 0 Å². The minimum atomic E-state index is 0.356. The number of hydrogen-bond acceptors (Lipinski definition) is 1. The third-order valence-electron chi connectivity index (χ3n) is 3.47. The second kappa shape index (κ2) is 8.92. The van der Waals surface area contributed by atoms with Crippen LogP contribution < -0.4 is 4.74 Å². The van der Waals surface area contributed by atoms with Gasteiger partial charge in [0.1, 0.15) is 5.75 Å². The topological polar surface area (TPSA) is 9.23 Å². The lowest BCUT2D eigenvalue weighted by atomic mass is 9.88. The second-order valence-corrected chi connectivity index (χ2v) is 8.81. The zero-order valence-corrected chi connectivity index (χ0v) is 16.5. The van der Waals surface area contributed by atoms with Crippen LogP contribution in [0.4, 0.5) is 0 Å². The molecule has 0 heterocycles. The van der Waals surface area contributed by atoms with E-state index in [2.05, 4.69) is 84.0 Å². The summed E-state index contributed by atoms with van der Waals surface area (Å²) in [6.07, 6.45) is 2.27. The van der Waals surface area contributed by atoms with Crippen molar-refractivity contribution in [1.82, 2.24) is 0 Å². The summed E-state index contributed by atoms with van der Waals surface area (Å²) in [5, 5.41) is 0. The van der Waals surface area contributed by atoms with E-state index in [1.807, 2.05) is 12.1 Å². The van der Waals surface area contributed by atoms with Crippen molar-refractivity contribution in [2.75, 3.05) is 7.11 Å². The maximum atomic E-state index is 5.10. The number of rotatable bonds is 3. The first-order valence-electron chi connectivity index (χ1n) is 8.76.